The highest BCUT2D eigenvalue weighted by Crippen LogP contribution is 2.09. The van der Waals surface area contributed by atoms with Crippen LogP contribution in [0.3, 0.4) is 0 Å². The molecule has 0 unspecified atom stereocenters. The average Bonchev–Trinajstić information content (AvgIpc) is 2.10. The summed E-state index contributed by atoms with van der Waals surface area (Å²) in [5.41, 5.74) is -2.21. The number of hydrogen-bond acceptors (Lipinski definition) is 2. The zero-order valence-corrected chi connectivity index (χ0v) is 4.82. The molecule has 2 nitrogen and oxygen atoms in total. The molecule has 0 atom stereocenters. The molecule has 52 valence electrons. The van der Waals surface area contributed by atoms with E-state index in [9.17, 15) is 9.59 Å². The summed E-state index contributed by atoms with van der Waals surface area (Å²) >= 11 is 0. The van der Waals surface area contributed by atoms with Crippen molar-refractivity contribution in [2.45, 2.75) is 13.7 Å². The Morgan fingerprint density at radius 2 is 1.60 bits per heavy atom. The van der Waals surface area contributed by atoms with Gasteiger partial charge in [-0.25, -0.2) is 0 Å². The molecule has 0 amide bonds. The van der Waals surface area contributed by atoms with Crippen LogP contribution in [0.1, 0.15) is 24.7 Å². The molecule has 0 saturated carbocycles. The highest BCUT2D eigenvalue weighted by atomic mass is 16.1. The van der Waals surface area contributed by atoms with Gasteiger partial charge in [-0.15, -0.1) is 0 Å². The average molecular weight is 144 g/mol. The first-order valence-corrected chi connectivity index (χ1v) is 2.41. The van der Waals surface area contributed by atoms with Gasteiger partial charge in [0, 0.05) is 19.4 Å². The van der Waals surface area contributed by atoms with E-state index in [-0.39, 0.29) is 0 Å². The molecule has 0 heterocycles. The van der Waals surface area contributed by atoms with Gasteiger partial charge in [-0.3, -0.25) is 9.59 Å². The van der Waals surface area contributed by atoms with Crippen LogP contribution in [-0.4, -0.2) is 11.6 Å². The molecule has 1 aliphatic rings. The summed E-state index contributed by atoms with van der Waals surface area (Å²) in [6.45, 7) is -6.06. The summed E-state index contributed by atoms with van der Waals surface area (Å²) in [5.74, 6) is -2.82. The summed E-state index contributed by atoms with van der Waals surface area (Å²) < 4.78 is 56.8. The van der Waals surface area contributed by atoms with Gasteiger partial charge in [-0.2, -0.15) is 0 Å². The molecular weight excluding hydrogens is 128 g/mol. The maximum Gasteiger partial charge on any atom is 0.182 e. The van der Waals surface area contributed by atoms with Crippen LogP contribution in [0, 0.1) is 0 Å². The van der Waals surface area contributed by atoms with Gasteiger partial charge in [0.1, 0.15) is 0 Å². The molecule has 0 saturated heterocycles. The van der Waals surface area contributed by atoms with E-state index in [4.69, 9.17) is 11.0 Å². The zero-order valence-electron chi connectivity index (χ0n) is 12.8. The SMILES string of the molecule is [2H]C1=C(C([2H])([2H])[2H])C(=O)C([2H])=C(C([2H])([2H])[2H])C1=O. The second-order valence-corrected chi connectivity index (χ2v) is 1.66. The Kier molecular flexibility index (Phi) is 0.422. The standard InChI is InChI=1S/C8H8O2/c1-5-3-8(10)6(2)4-7(5)9/h3-4H,1-2H3/i1D3,2D3,3D,4D. The van der Waals surface area contributed by atoms with Gasteiger partial charge in [-0.1, -0.05) is 0 Å². The lowest BCUT2D eigenvalue weighted by molar-refractivity contribution is -0.115. The van der Waals surface area contributed by atoms with Crippen LogP contribution >= 0.6 is 0 Å². The molecule has 0 aromatic rings. The predicted octanol–water partition coefficient (Wildman–Crippen LogP) is 1.03. The van der Waals surface area contributed by atoms with E-state index in [1.807, 2.05) is 0 Å². The van der Waals surface area contributed by atoms with Crippen LogP contribution in [0.25, 0.3) is 0 Å². The van der Waals surface area contributed by atoms with E-state index in [0.717, 1.165) is 0 Å². The van der Waals surface area contributed by atoms with Crippen molar-refractivity contribution in [2.24, 2.45) is 0 Å². The van der Waals surface area contributed by atoms with Crippen LogP contribution in [0.5, 0.6) is 0 Å². The Balaban J connectivity index is 3.52. The van der Waals surface area contributed by atoms with Crippen molar-refractivity contribution in [3.8, 4) is 0 Å². The minimum Gasteiger partial charge on any atom is -0.290 e. The number of carbonyl (C=O) groups is 2. The van der Waals surface area contributed by atoms with E-state index < -0.39 is 48.5 Å². The molecule has 0 aliphatic heterocycles. The van der Waals surface area contributed by atoms with Crippen molar-refractivity contribution in [1.29, 1.82) is 0 Å². The van der Waals surface area contributed by atoms with Gasteiger partial charge in [0.05, 0.1) is 2.74 Å². The maximum atomic E-state index is 11.6. The smallest absolute Gasteiger partial charge is 0.182 e. The fourth-order valence-electron chi connectivity index (χ4n) is 0.466. The van der Waals surface area contributed by atoms with Crippen molar-refractivity contribution in [3.63, 3.8) is 0 Å². The van der Waals surface area contributed by atoms with Gasteiger partial charge in [0.25, 0.3) is 0 Å². The Hall–Kier alpha value is -1.18. The fraction of sp³-hybridized carbons (Fsp3) is 0.250. The first-order valence-electron chi connectivity index (χ1n) is 6.41. The minimum atomic E-state index is -3.03. The Morgan fingerprint density at radius 1 is 1.20 bits per heavy atom. The van der Waals surface area contributed by atoms with Gasteiger partial charge >= 0.3 is 0 Å². The van der Waals surface area contributed by atoms with Crippen LogP contribution in [0.15, 0.2) is 23.3 Å². The van der Waals surface area contributed by atoms with Crippen LogP contribution in [-0.2, 0) is 9.59 Å². The lowest BCUT2D eigenvalue weighted by Crippen LogP contribution is -2.08. The number of rotatable bonds is 0. The van der Waals surface area contributed by atoms with E-state index in [1.54, 1.807) is 0 Å². The molecule has 0 aromatic carbocycles. The molecule has 0 aromatic heterocycles. The number of allylic oxidation sites excluding steroid dienone is 4. The van der Waals surface area contributed by atoms with E-state index >= 15 is 0 Å². The predicted molar refractivity (Wildman–Crippen MR) is 37.5 cm³/mol. The van der Waals surface area contributed by atoms with E-state index in [2.05, 4.69) is 0 Å². The molecule has 10 heavy (non-hydrogen) atoms. The summed E-state index contributed by atoms with van der Waals surface area (Å²) in [7, 11) is 0. The Bertz CT molecular complexity index is 444. The summed E-state index contributed by atoms with van der Waals surface area (Å²) in [6.07, 6.45) is 0. The maximum absolute atomic E-state index is 11.6. The zero-order chi connectivity index (χ0) is 14.5. The number of ketones is 2. The molecule has 2 heteroatoms. The quantitative estimate of drug-likeness (QED) is 0.476. The third kappa shape index (κ3) is 1.05. The van der Waals surface area contributed by atoms with Crippen molar-refractivity contribution < 1.29 is 20.6 Å². The van der Waals surface area contributed by atoms with Crippen LogP contribution < -0.4 is 0 Å². The number of hydrogen-bond donors (Lipinski definition) is 0. The van der Waals surface area contributed by atoms with Gasteiger partial charge < -0.3 is 0 Å². The lowest BCUT2D eigenvalue weighted by atomic mass is 10.00. The first kappa shape index (κ1) is 1.91. The van der Waals surface area contributed by atoms with E-state index in [0.29, 0.717) is 0 Å². The minimum absolute atomic E-state index is 1.11. The Labute approximate surface area is 70.5 Å². The lowest BCUT2D eigenvalue weighted by Gasteiger charge is -2.03. The molecule has 0 radical (unpaired) electrons. The molecule has 0 N–H and O–H groups in total. The molecule has 1 aliphatic carbocycles. The summed E-state index contributed by atoms with van der Waals surface area (Å²) in [5, 5.41) is 0. The van der Waals surface area contributed by atoms with Crippen molar-refractivity contribution in [3.05, 3.63) is 23.3 Å². The molecule has 0 spiro atoms. The van der Waals surface area contributed by atoms with Crippen LogP contribution in [0.4, 0.5) is 0 Å². The topological polar surface area (TPSA) is 34.1 Å². The second-order valence-electron chi connectivity index (χ2n) is 1.66. The monoisotopic (exact) mass is 144 g/mol. The van der Waals surface area contributed by atoms with Crippen molar-refractivity contribution >= 4 is 11.6 Å². The summed E-state index contributed by atoms with van der Waals surface area (Å²) in [6, 6.07) is -2.36. The van der Waals surface area contributed by atoms with Crippen LogP contribution in [0.2, 0.25) is 0 Å². The van der Waals surface area contributed by atoms with Crippen molar-refractivity contribution in [2.75, 3.05) is 0 Å². The van der Waals surface area contributed by atoms with Gasteiger partial charge in [-0.05, 0) is 25.8 Å². The molecule has 0 fully saturated rings. The Morgan fingerprint density at radius 3 is 1.90 bits per heavy atom. The van der Waals surface area contributed by atoms with Crippen molar-refractivity contribution in [1.82, 2.24) is 0 Å². The fourth-order valence-corrected chi connectivity index (χ4v) is 0.466. The first-order chi connectivity index (χ1) is 7.89. The molecular formula is C8H8O2. The van der Waals surface area contributed by atoms with Gasteiger partial charge in [0.15, 0.2) is 11.6 Å². The van der Waals surface area contributed by atoms with E-state index in [1.165, 1.54) is 0 Å². The summed E-state index contributed by atoms with van der Waals surface area (Å²) in [4.78, 5) is 23.2. The normalized spacial score (nSPS) is 34.8. The third-order valence-corrected chi connectivity index (χ3v) is 0.931. The number of carbonyl (C=O) groups excluding carboxylic acids is 2. The van der Waals surface area contributed by atoms with Gasteiger partial charge in [0.2, 0.25) is 0 Å². The third-order valence-electron chi connectivity index (χ3n) is 0.931. The largest absolute Gasteiger partial charge is 0.290 e. The highest BCUT2D eigenvalue weighted by molar-refractivity contribution is 6.19. The second kappa shape index (κ2) is 2.21. The molecule has 0 bridgehead atoms. The highest BCUT2D eigenvalue weighted by Gasteiger charge is 2.12. The molecule has 1 rings (SSSR count).